The molecule has 5 nitrogen and oxygen atoms in total. The van der Waals surface area contributed by atoms with Gasteiger partial charge in [0.25, 0.3) is 0 Å². The molecule has 2 fully saturated rings. The van der Waals surface area contributed by atoms with Gasteiger partial charge in [-0.05, 0) is 24.1 Å². The van der Waals surface area contributed by atoms with Crippen LogP contribution < -0.4 is 4.74 Å². The summed E-state index contributed by atoms with van der Waals surface area (Å²) in [6.45, 7) is 6.95. The molecule has 2 aliphatic rings. The molecule has 1 aromatic rings. The minimum atomic E-state index is 0.221. The summed E-state index contributed by atoms with van der Waals surface area (Å²) in [5.74, 6) is 0.755. The van der Waals surface area contributed by atoms with Gasteiger partial charge in [0.05, 0.1) is 20.3 Å². The van der Waals surface area contributed by atoms with Gasteiger partial charge in [0.15, 0.2) is 11.5 Å². The number of aromatic hydroxyl groups is 1. The fourth-order valence-electron chi connectivity index (χ4n) is 3.29. The molecule has 0 spiro atoms. The lowest BCUT2D eigenvalue weighted by atomic mass is 10.2. The maximum absolute atomic E-state index is 9.86. The lowest BCUT2D eigenvalue weighted by Gasteiger charge is -2.32. The van der Waals surface area contributed by atoms with Crippen molar-refractivity contribution in [1.82, 2.24) is 9.80 Å². The molecule has 0 amide bonds. The number of phenols is 1. The Labute approximate surface area is 126 Å². The molecular formula is C16H24N2O3. The summed E-state index contributed by atoms with van der Waals surface area (Å²) in [6, 6.07) is 6.32. The first-order valence-electron chi connectivity index (χ1n) is 7.66. The van der Waals surface area contributed by atoms with Gasteiger partial charge in [0, 0.05) is 38.8 Å². The van der Waals surface area contributed by atoms with Crippen LogP contribution in [0, 0.1) is 0 Å². The van der Waals surface area contributed by atoms with Crippen LogP contribution in [0.3, 0.4) is 0 Å². The average molecular weight is 292 g/mol. The summed E-state index contributed by atoms with van der Waals surface area (Å²) >= 11 is 0. The highest BCUT2D eigenvalue weighted by Gasteiger charge is 2.28. The lowest BCUT2D eigenvalue weighted by Crippen LogP contribution is -2.44. The molecule has 21 heavy (non-hydrogen) atoms. The molecule has 1 aromatic carbocycles. The monoisotopic (exact) mass is 292 g/mol. The predicted octanol–water partition coefficient (Wildman–Crippen LogP) is 1.31. The first kappa shape index (κ1) is 14.6. The van der Waals surface area contributed by atoms with Gasteiger partial charge in [-0.15, -0.1) is 0 Å². The van der Waals surface area contributed by atoms with Crippen LogP contribution in [0.2, 0.25) is 0 Å². The Bertz CT molecular complexity index is 475. The zero-order chi connectivity index (χ0) is 14.7. The molecule has 0 radical (unpaired) electrons. The van der Waals surface area contributed by atoms with Gasteiger partial charge in [-0.25, -0.2) is 0 Å². The van der Waals surface area contributed by atoms with Crippen LogP contribution in [0.25, 0.3) is 0 Å². The molecule has 0 saturated carbocycles. The van der Waals surface area contributed by atoms with Crippen LogP contribution >= 0.6 is 0 Å². The summed E-state index contributed by atoms with van der Waals surface area (Å²) in [5.41, 5.74) is 1.14. The van der Waals surface area contributed by atoms with Crippen molar-refractivity contribution in [2.24, 2.45) is 0 Å². The molecule has 0 aromatic heterocycles. The quantitative estimate of drug-likeness (QED) is 0.906. The number of nitrogens with zero attached hydrogens (tertiary/aromatic N) is 2. The Hall–Kier alpha value is -1.30. The van der Waals surface area contributed by atoms with Gasteiger partial charge in [-0.3, -0.25) is 9.80 Å². The van der Waals surface area contributed by atoms with Crippen molar-refractivity contribution in [3.8, 4) is 11.5 Å². The van der Waals surface area contributed by atoms with Crippen molar-refractivity contribution in [1.29, 1.82) is 0 Å². The van der Waals surface area contributed by atoms with E-state index in [1.54, 1.807) is 13.2 Å². The van der Waals surface area contributed by atoms with Gasteiger partial charge in [-0.2, -0.15) is 0 Å². The molecule has 1 N–H and O–H groups in total. The van der Waals surface area contributed by atoms with Crippen LogP contribution in [-0.2, 0) is 11.3 Å². The van der Waals surface area contributed by atoms with Crippen molar-refractivity contribution in [2.75, 3.05) is 46.5 Å². The largest absolute Gasteiger partial charge is 0.504 e. The Morgan fingerprint density at radius 2 is 2.10 bits per heavy atom. The molecule has 5 heteroatoms. The van der Waals surface area contributed by atoms with E-state index in [-0.39, 0.29) is 5.75 Å². The number of morpholine rings is 1. The highest BCUT2D eigenvalue weighted by atomic mass is 16.5. The number of ether oxygens (including phenoxy) is 2. The zero-order valence-corrected chi connectivity index (χ0v) is 12.6. The number of hydrogen-bond donors (Lipinski definition) is 1. The SMILES string of the molecule is COc1ccc(CN2CCC(N3CCOCC3)C2)cc1O. The number of rotatable bonds is 4. The second-order valence-corrected chi connectivity index (χ2v) is 5.83. The minimum Gasteiger partial charge on any atom is -0.504 e. The Kier molecular flexibility index (Phi) is 4.63. The number of hydrogen-bond acceptors (Lipinski definition) is 5. The number of methoxy groups -OCH3 is 1. The minimum absolute atomic E-state index is 0.221. The van der Waals surface area contributed by atoms with Gasteiger partial charge in [0.2, 0.25) is 0 Å². The van der Waals surface area contributed by atoms with Crippen molar-refractivity contribution < 1.29 is 14.6 Å². The van der Waals surface area contributed by atoms with Gasteiger partial charge < -0.3 is 14.6 Å². The Morgan fingerprint density at radius 1 is 1.29 bits per heavy atom. The third kappa shape index (κ3) is 3.48. The molecule has 2 aliphatic heterocycles. The maximum atomic E-state index is 9.86. The van der Waals surface area contributed by atoms with E-state index < -0.39 is 0 Å². The van der Waals surface area contributed by atoms with Crippen molar-refractivity contribution in [2.45, 2.75) is 19.0 Å². The van der Waals surface area contributed by atoms with Crippen molar-refractivity contribution in [3.63, 3.8) is 0 Å². The molecule has 0 aliphatic carbocycles. The summed E-state index contributed by atoms with van der Waals surface area (Å²) < 4.78 is 10.5. The number of phenolic OH excluding ortho intramolecular Hbond substituents is 1. The van der Waals surface area contributed by atoms with E-state index in [0.717, 1.165) is 51.5 Å². The number of likely N-dealkylation sites (tertiary alicyclic amines) is 1. The van der Waals surface area contributed by atoms with Crippen molar-refractivity contribution >= 4 is 0 Å². The Balaban J connectivity index is 1.55. The molecule has 1 unspecified atom stereocenters. The molecule has 2 heterocycles. The van der Waals surface area contributed by atoms with Crippen LogP contribution in [0.5, 0.6) is 11.5 Å². The molecule has 116 valence electrons. The van der Waals surface area contributed by atoms with E-state index in [2.05, 4.69) is 9.80 Å². The van der Waals surface area contributed by atoms with E-state index >= 15 is 0 Å². The second kappa shape index (κ2) is 6.64. The summed E-state index contributed by atoms with van der Waals surface area (Å²) in [4.78, 5) is 5.01. The smallest absolute Gasteiger partial charge is 0.160 e. The highest BCUT2D eigenvalue weighted by molar-refractivity contribution is 5.41. The van der Waals surface area contributed by atoms with Crippen LogP contribution in [0.15, 0.2) is 18.2 Å². The highest BCUT2D eigenvalue weighted by Crippen LogP contribution is 2.27. The number of benzene rings is 1. The molecule has 1 atom stereocenters. The first-order valence-corrected chi connectivity index (χ1v) is 7.66. The molecule has 3 rings (SSSR count). The van der Waals surface area contributed by atoms with E-state index in [1.165, 1.54) is 6.42 Å². The van der Waals surface area contributed by atoms with Gasteiger partial charge >= 0.3 is 0 Å². The van der Waals surface area contributed by atoms with Crippen molar-refractivity contribution in [3.05, 3.63) is 23.8 Å². The Morgan fingerprint density at radius 3 is 2.81 bits per heavy atom. The molecule has 0 bridgehead atoms. The van der Waals surface area contributed by atoms with Gasteiger partial charge in [-0.1, -0.05) is 6.07 Å². The topological polar surface area (TPSA) is 45.2 Å². The second-order valence-electron chi connectivity index (χ2n) is 5.83. The van der Waals surface area contributed by atoms with Crippen LogP contribution in [0.1, 0.15) is 12.0 Å². The first-order chi connectivity index (χ1) is 10.3. The average Bonchev–Trinajstić information content (AvgIpc) is 2.97. The summed E-state index contributed by atoms with van der Waals surface area (Å²) in [5, 5.41) is 9.86. The fraction of sp³-hybridized carbons (Fsp3) is 0.625. The van der Waals surface area contributed by atoms with E-state index in [1.807, 2.05) is 12.1 Å². The summed E-state index contributed by atoms with van der Waals surface area (Å²) in [6.07, 6.45) is 1.22. The lowest BCUT2D eigenvalue weighted by molar-refractivity contribution is 0.0184. The van der Waals surface area contributed by atoms with Crippen LogP contribution in [0.4, 0.5) is 0 Å². The standard InChI is InChI=1S/C16H24N2O3/c1-20-16-3-2-13(10-15(16)19)11-17-5-4-14(12-17)18-6-8-21-9-7-18/h2-3,10,14,19H,4-9,11-12H2,1H3. The summed E-state index contributed by atoms with van der Waals surface area (Å²) in [7, 11) is 1.57. The maximum Gasteiger partial charge on any atom is 0.160 e. The predicted molar refractivity (Wildman–Crippen MR) is 80.7 cm³/mol. The zero-order valence-electron chi connectivity index (χ0n) is 12.6. The third-order valence-electron chi connectivity index (χ3n) is 4.46. The normalized spacial score (nSPS) is 24.3. The van der Waals surface area contributed by atoms with Gasteiger partial charge in [0.1, 0.15) is 0 Å². The van der Waals surface area contributed by atoms with E-state index in [0.29, 0.717) is 11.8 Å². The van der Waals surface area contributed by atoms with E-state index in [4.69, 9.17) is 9.47 Å². The molecular weight excluding hydrogens is 268 g/mol. The van der Waals surface area contributed by atoms with Crippen LogP contribution in [-0.4, -0.2) is 67.5 Å². The molecule has 2 saturated heterocycles. The van der Waals surface area contributed by atoms with E-state index in [9.17, 15) is 5.11 Å². The third-order valence-corrected chi connectivity index (χ3v) is 4.46. The fourth-order valence-corrected chi connectivity index (χ4v) is 3.29.